The second-order valence-corrected chi connectivity index (χ2v) is 2.50. The first-order valence-corrected chi connectivity index (χ1v) is 3.58. The molecule has 0 fully saturated rings. The third kappa shape index (κ3) is 5.35. The highest BCUT2D eigenvalue weighted by Gasteiger charge is 1.96. The first kappa shape index (κ1) is 9.21. The van der Waals surface area contributed by atoms with Gasteiger partial charge in [0.1, 0.15) is 0 Å². The molecule has 1 N–H and O–H groups in total. The highest BCUT2D eigenvalue weighted by Crippen LogP contribution is 2.08. The van der Waals surface area contributed by atoms with E-state index in [4.69, 9.17) is 5.21 Å². The highest BCUT2D eigenvalue weighted by atomic mass is 16.4. The zero-order chi connectivity index (χ0) is 7.82. The fourth-order valence-electron chi connectivity index (χ4n) is 0.819. The number of nitrogens with zero attached hydrogens (tertiary/aromatic N) is 1. The Balaban J connectivity index is 3.20. The summed E-state index contributed by atoms with van der Waals surface area (Å²) in [7, 11) is 0. The molecule has 0 bridgehead atoms. The minimum atomic E-state index is 0.649. The molecular weight excluding hydrogens is 126 g/mol. The first-order chi connectivity index (χ1) is 4.81. The molecule has 0 aliphatic carbocycles. The Bertz CT molecular complexity index is 110. The average molecular weight is 141 g/mol. The van der Waals surface area contributed by atoms with Crippen molar-refractivity contribution >= 4 is 6.21 Å². The molecule has 1 unspecified atom stereocenters. The Kier molecular flexibility index (Phi) is 5.83. The number of oxime groups is 1. The number of hydrogen-bond donors (Lipinski definition) is 1. The smallest absolute Gasteiger partial charge is 0.0436 e. The minimum Gasteiger partial charge on any atom is -0.411 e. The fraction of sp³-hybridized carbons (Fsp3) is 0.625. The van der Waals surface area contributed by atoms with Gasteiger partial charge in [0.15, 0.2) is 0 Å². The van der Waals surface area contributed by atoms with Crippen molar-refractivity contribution in [2.45, 2.75) is 26.2 Å². The standard InChI is InChI=1S/C8H15NO/c1-3-5-8(2)6-4-7-9-10/h3,7-8,10H,1,4-6H2,2H3/b9-7+. The highest BCUT2D eigenvalue weighted by molar-refractivity contribution is 5.55. The molecular formula is C8H15NO. The Labute approximate surface area is 62.2 Å². The van der Waals surface area contributed by atoms with Crippen LogP contribution in [0.1, 0.15) is 26.2 Å². The van der Waals surface area contributed by atoms with Crippen molar-refractivity contribution in [2.75, 3.05) is 0 Å². The largest absolute Gasteiger partial charge is 0.411 e. The van der Waals surface area contributed by atoms with Crippen molar-refractivity contribution in [3.05, 3.63) is 12.7 Å². The zero-order valence-electron chi connectivity index (χ0n) is 6.45. The molecule has 0 amide bonds. The second-order valence-electron chi connectivity index (χ2n) is 2.50. The summed E-state index contributed by atoms with van der Waals surface area (Å²) >= 11 is 0. The molecule has 0 heterocycles. The van der Waals surface area contributed by atoms with Crippen molar-refractivity contribution in [3.63, 3.8) is 0 Å². The Morgan fingerprint density at radius 3 is 2.90 bits per heavy atom. The maximum Gasteiger partial charge on any atom is 0.0436 e. The van der Waals surface area contributed by atoms with Crippen LogP contribution in [0, 0.1) is 5.92 Å². The van der Waals surface area contributed by atoms with E-state index in [1.807, 2.05) is 6.08 Å². The van der Waals surface area contributed by atoms with E-state index in [0.717, 1.165) is 19.3 Å². The molecule has 0 aromatic carbocycles. The molecule has 0 aliphatic heterocycles. The van der Waals surface area contributed by atoms with E-state index in [2.05, 4.69) is 18.7 Å². The lowest BCUT2D eigenvalue weighted by molar-refractivity contribution is 0.320. The predicted molar refractivity (Wildman–Crippen MR) is 43.5 cm³/mol. The molecule has 0 rings (SSSR count). The van der Waals surface area contributed by atoms with Crippen LogP contribution in [0.2, 0.25) is 0 Å². The Hall–Kier alpha value is -0.790. The van der Waals surface area contributed by atoms with Gasteiger partial charge >= 0.3 is 0 Å². The van der Waals surface area contributed by atoms with Gasteiger partial charge in [-0.3, -0.25) is 0 Å². The summed E-state index contributed by atoms with van der Waals surface area (Å²) in [4.78, 5) is 0. The molecule has 0 aromatic rings. The van der Waals surface area contributed by atoms with Crippen molar-refractivity contribution in [1.82, 2.24) is 0 Å². The van der Waals surface area contributed by atoms with Crippen LogP contribution in [0.3, 0.4) is 0 Å². The quantitative estimate of drug-likeness (QED) is 0.271. The lowest BCUT2D eigenvalue weighted by Crippen LogP contribution is -1.92. The van der Waals surface area contributed by atoms with E-state index >= 15 is 0 Å². The van der Waals surface area contributed by atoms with Crippen LogP contribution in [0.5, 0.6) is 0 Å². The van der Waals surface area contributed by atoms with E-state index in [1.54, 1.807) is 0 Å². The van der Waals surface area contributed by atoms with Gasteiger partial charge in [0.05, 0.1) is 0 Å². The lowest BCUT2D eigenvalue weighted by atomic mass is 10.0. The van der Waals surface area contributed by atoms with E-state index in [1.165, 1.54) is 6.21 Å². The summed E-state index contributed by atoms with van der Waals surface area (Å²) < 4.78 is 0. The van der Waals surface area contributed by atoms with Gasteiger partial charge in [-0.2, -0.15) is 0 Å². The molecule has 0 saturated carbocycles. The van der Waals surface area contributed by atoms with Gasteiger partial charge in [0.2, 0.25) is 0 Å². The van der Waals surface area contributed by atoms with Gasteiger partial charge in [-0.05, 0) is 25.2 Å². The van der Waals surface area contributed by atoms with Gasteiger partial charge in [-0.15, -0.1) is 11.7 Å². The summed E-state index contributed by atoms with van der Waals surface area (Å²) in [6.45, 7) is 5.81. The maximum absolute atomic E-state index is 8.06. The van der Waals surface area contributed by atoms with Gasteiger partial charge in [-0.1, -0.05) is 13.0 Å². The van der Waals surface area contributed by atoms with Crippen molar-refractivity contribution in [2.24, 2.45) is 11.1 Å². The molecule has 2 heteroatoms. The third-order valence-electron chi connectivity index (χ3n) is 1.44. The molecule has 0 aromatic heterocycles. The zero-order valence-corrected chi connectivity index (χ0v) is 6.45. The number of hydrogen-bond acceptors (Lipinski definition) is 2. The third-order valence-corrected chi connectivity index (χ3v) is 1.44. The summed E-state index contributed by atoms with van der Waals surface area (Å²) in [6, 6.07) is 0. The average Bonchev–Trinajstić information content (AvgIpc) is 1.89. The van der Waals surface area contributed by atoms with E-state index < -0.39 is 0 Å². The molecule has 1 atom stereocenters. The number of rotatable bonds is 5. The second kappa shape index (κ2) is 6.33. The maximum atomic E-state index is 8.06. The SMILES string of the molecule is C=CCC(C)CC/C=N/O. The van der Waals surface area contributed by atoms with Crippen LogP contribution in [-0.4, -0.2) is 11.4 Å². The minimum absolute atomic E-state index is 0.649. The van der Waals surface area contributed by atoms with Crippen LogP contribution >= 0.6 is 0 Å². The van der Waals surface area contributed by atoms with Crippen molar-refractivity contribution in [1.29, 1.82) is 0 Å². The molecule has 0 aliphatic rings. The van der Waals surface area contributed by atoms with Gasteiger partial charge in [0, 0.05) is 6.21 Å². The van der Waals surface area contributed by atoms with Gasteiger partial charge in [-0.25, -0.2) is 0 Å². The lowest BCUT2D eigenvalue weighted by Gasteiger charge is -2.03. The summed E-state index contributed by atoms with van der Waals surface area (Å²) in [5.74, 6) is 0.649. The van der Waals surface area contributed by atoms with E-state index in [-0.39, 0.29) is 0 Å². The molecule has 10 heavy (non-hydrogen) atoms. The van der Waals surface area contributed by atoms with Crippen LogP contribution < -0.4 is 0 Å². The molecule has 2 nitrogen and oxygen atoms in total. The molecule has 58 valence electrons. The number of allylic oxidation sites excluding steroid dienone is 1. The predicted octanol–water partition coefficient (Wildman–Crippen LogP) is 2.44. The van der Waals surface area contributed by atoms with Gasteiger partial charge in [0.25, 0.3) is 0 Å². The fourth-order valence-corrected chi connectivity index (χ4v) is 0.819. The van der Waals surface area contributed by atoms with E-state index in [0.29, 0.717) is 5.92 Å². The Morgan fingerprint density at radius 1 is 1.70 bits per heavy atom. The monoisotopic (exact) mass is 141 g/mol. The van der Waals surface area contributed by atoms with Crippen LogP contribution in [0.25, 0.3) is 0 Å². The first-order valence-electron chi connectivity index (χ1n) is 3.58. The Morgan fingerprint density at radius 2 is 2.40 bits per heavy atom. The molecule has 0 spiro atoms. The van der Waals surface area contributed by atoms with Crippen LogP contribution in [0.15, 0.2) is 17.8 Å². The normalized spacial score (nSPS) is 13.7. The van der Waals surface area contributed by atoms with Crippen LogP contribution in [0.4, 0.5) is 0 Å². The van der Waals surface area contributed by atoms with Gasteiger partial charge < -0.3 is 5.21 Å². The topological polar surface area (TPSA) is 32.6 Å². The van der Waals surface area contributed by atoms with Crippen molar-refractivity contribution < 1.29 is 5.21 Å². The summed E-state index contributed by atoms with van der Waals surface area (Å²) in [5, 5.41) is 11.0. The van der Waals surface area contributed by atoms with Crippen LogP contribution in [-0.2, 0) is 0 Å². The molecule has 0 radical (unpaired) electrons. The summed E-state index contributed by atoms with van der Waals surface area (Å²) in [5.41, 5.74) is 0. The van der Waals surface area contributed by atoms with E-state index in [9.17, 15) is 0 Å². The molecule has 0 saturated heterocycles. The van der Waals surface area contributed by atoms with Crippen molar-refractivity contribution in [3.8, 4) is 0 Å². The summed E-state index contributed by atoms with van der Waals surface area (Å²) in [6.07, 6.45) is 6.40.